The van der Waals surface area contributed by atoms with E-state index in [9.17, 15) is 8.42 Å². The van der Waals surface area contributed by atoms with Gasteiger partial charge in [0.25, 0.3) is 0 Å². The SMILES string of the molecule is Cc1ccc(OC2CN(S(=O)(=O)c3cc(-c4ccno4)oc3C)C2)cc1. The van der Waals surface area contributed by atoms with E-state index in [1.165, 1.54) is 16.6 Å². The summed E-state index contributed by atoms with van der Waals surface area (Å²) in [6.45, 7) is 4.23. The van der Waals surface area contributed by atoms with Crippen LogP contribution in [0.25, 0.3) is 11.5 Å². The molecule has 136 valence electrons. The fraction of sp³-hybridized carbons (Fsp3) is 0.278. The molecule has 0 N–H and O–H groups in total. The molecule has 2 aromatic heterocycles. The quantitative estimate of drug-likeness (QED) is 0.682. The molecule has 0 unspecified atom stereocenters. The molecule has 26 heavy (non-hydrogen) atoms. The summed E-state index contributed by atoms with van der Waals surface area (Å²) in [6.07, 6.45) is 1.32. The number of hydrogen-bond acceptors (Lipinski definition) is 6. The lowest BCUT2D eigenvalue weighted by molar-refractivity contribution is 0.0761. The van der Waals surface area contributed by atoms with Crippen molar-refractivity contribution in [1.29, 1.82) is 0 Å². The van der Waals surface area contributed by atoms with Crippen LogP contribution >= 0.6 is 0 Å². The highest BCUT2D eigenvalue weighted by Gasteiger charge is 2.40. The standard InChI is InChI=1S/C18H18N2O5S/c1-12-3-5-14(6-4-12)24-15-10-20(11-15)26(21,22)18-9-17(23-13(18)2)16-7-8-19-25-16/h3-9,15H,10-11H2,1-2H3. The molecule has 0 spiro atoms. The van der Waals surface area contributed by atoms with E-state index < -0.39 is 10.0 Å². The highest BCUT2D eigenvalue weighted by atomic mass is 32.2. The molecular formula is C18H18N2O5S. The minimum absolute atomic E-state index is 0.137. The smallest absolute Gasteiger partial charge is 0.246 e. The normalized spacial score (nSPS) is 15.8. The summed E-state index contributed by atoms with van der Waals surface area (Å²) in [5, 5.41) is 3.61. The monoisotopic (exact) mass is 374 g/mol. The molecule has 3 aromatic rings. The zero-order chi connectivity index (χ0) is 18.3. The lowest BCUT2D eigenvalue weighted by Crippen LogP contribution is -2.55. The third-order valence-electron chi connectivity index (χ3n) is 4.31. The highest BCUT2D eigenvalue weighted by molar-refractivity contribution is 7.89. The number of nitrogens with zero attached hydrogens (tertiary/aromatic N) is 2. The molecule has 1 fully saturated rings. The summed E-state index contributed by atoms with van der Waals surface area (Å²) in [4.78, 5) is 0.137. The molecule has 1 aromatic carbocycles. The van der Waals surface area contributed by atoms with Gasteiger partial charge >= 0.3 is 0 Å². The molecule has 8 heteroatoms. The highest BCUT2D eigenvalue weighted by Crippen LogP contribution is 2.32. The second-order valence-electron chi connectivity index (χ2n) is 6.28. The number of aryl methyl sites for hydroxylation is 2. The number of furan rings is 1. The average molecular weight is 374 g/mol. The zero-order valence-corrected chi connectivity index (χ0v) is 15.2. The van der Waals surface area contributed by atoms with Crippen molar-refractivity contribution in [3.05, 3.63) is 53.9 Å². The van der Waals surface area contributed by atoms with Crippen molar-refractivity contribution < 1.29 is 22.1 Å². The first kappa shape index (κ1) is 16.9. The summed E-state index contributed by atoms with van der Waals surface area (Å²) in [5.41, 5.74) is 1.15. The molecule has 3 heterocycles. The van der Waals surface area contributed by atoms with Gasteiger partial charge in [-0.15, -0.1) is 0 Å². The Bertz CT molecular complexity index is 1000. The molecule has 0 radical (unpaired) electrons. The molecule has 7 nitrogen and oxygen atoms in total. The van der Waals surface area contributed by atoms with Gasteiger partial charge in [0.2, 0.25) is 15.8 Å². The minimum Gasteiger partial charge on any atom is -0.488 e. The number of sulfonamides is 1. The molecule has 0 atom stereocenters. The lowest BCUT2D eigenvalue weighted by Gasteiger charge is -2.37. The third-order valence-corrected chi connectivity index (χ3v) is 6.25. The first-order valence-electron chi connectivity index (χ1n) is 8.18. The minimum atomic E-state index is -3.64. The van der Waals surface area contributed by atoms with Crippen LogP contribution in [-0.4, -0.2) is 37.1 Å². The van der Waals surface area contributed by atoms with E-state index in [0.29, 0.717) is 30.4 Å². The molecule has 4 rings (SSSR count). The Morgan fingerprint density at radius 2 is 1.85 bits per heavy atom. The lowest BCUT2D eigenvalue weighted by atomic mass is 10.2. The van der Waals surface area contributed by atoms with Crippen molar-refractivity contribution in [3.63, 3.8) is 0 Å². The third kappa shape index (κ3) is 3.02. The summed E-state index contributed by atoms with van der Waals surface area (Å²) in [5.74, 6) is 1.79. The molecule has 0 amide bonds. The van der Waals surface area contributed by atoms with Gasteiger partial charge in [0.05, 0.1) is 19.3 Å². The van der Waals surface area contributed by atoms with E-state index >= 15 is 0 Å². The van der Waals surface area contributed by atoms with Crippen LogP contribution in [0.2, 0.25) is 0 Å². The number of ether oxygens (including phenoxy) is 1. The van der Waals surface area contributed by atoms with Crippen molar-refractivity contribution in [2.45, 2.75) is 24.8 Å². The summed E-state index contributed by atoms with van der Waals surface area (Å²) in [6, 6.07) is 10.8. The van der Waals surface area contributed by atoms with Crippen LogP contribution < -0.4 is 4.74 Å². The van der Waals surface area contributed by atoms with Gasteiger partial charge in [-0.3, -0.25) is 0 Å². The van der Waals surface area contributed by atoms with E-state index in [2.05, 4.69) is 5.16 Å². The van der Waals surface area contributed by atoms with E-state index in [1.807, 2.05) is 31.2 Å². The topological polar surface area (TPSA) is 85.8 Å². The maximum absolute atomic E-state index is 12.8. The van der Waals surface area contributed by atoms with Gasteiger partial charge in [0.15, 0.2) is 5.76 Å². The fourth-order valence-corrected chi connectivity index (χ4v) is 4.47. The van der Waals surface area contributed by atoms with Crippen LogP contribution in [-0.2, 0) is 10.0 Å². The Labute approximate surface area is 151 Å². The van der Waals surface area contributed by atoms with Gasteiger partial charge in [-0.1, -0.05) is 22.9 Å². The zero-order valence-electron chi connectivity index (χ0n) is 14.4. The average Bonchev–Trinajstić information content (AvgIpc) is 3.21. The molecule has 1 aliphatic rings. The molecule has 1 saturated heterocycles. The van der Waals surface area contributed by atoms with Crippen LogP contribution in [0.1, 0.15) is 11.3 Å². The molecule has 0 bridgehead atoms. The largest absolute Gasteiger partial charge is 0.488 e. The molecule has 1 aliphatic heterocycles. The predicted octanol–water partition coefficient (Wildman–Crippen LogP) is 3.00. The number of hydrogen-bond donors (Lipinski definition) is 0. The van der Waals surface area contributed by atoms with E-state index in [-0.39, 0.29) is 11.0 Å². The van der Waals surface area contributed by atoms with Crippen LogP contribution in [0.15, 0.2) is 56.4 Å². The molecule has 0 saturated carbocycles. The van der Waals surface area contributed by atoms with Gasteiger partial charge in [-0.25, -0.2) is 8.42 Å². The van der Waals surface area contributed by atoms with Gasteiger partial charge in [0.1, 0.15) is 22.5 Å². The Balaban J connectivity index is 1.46. The van der Waals surface area contributed by atoms with Crippen LogP contribution in [0.5, 0.6) is 5.75 Å². The van der Waals surface area contributed by atoms with Crippen LogP contribution in [0, 0.1) is 13.8 Å². The molecular weight excluding hydrogens is 356 g/mol. The second-order valence-corrected chi connectivity index (χ2v) is 8.19. The van der Waals surface area contributed by atoms with Crippen molar-refractivity contribution in [3.8, 4) is 17.3 Å². The summed E-state index contributed by atoms with van der Waals surface area (Å²) in [7, 11) is -3.64. The van der Waals surface area contributed by atoms with Gasteiger partial charge in [-0.2, -0.15) is 4.31 Å². The van der Waals surface area contributed by atoms with Crippen molar-refractivity contribution in [2.75, 3.05) is 13.1 Å². The maximum atomic E-state index is 12.8. The first-order valence-corrected chi connectivity index (χ1v) is 9.62. The van der Waals surface area contributed by atoms with Crippen molar-refractivity contribution >= 4 is 10.0 Å². The van der Waals surface area contributed by atoms with Crippen molar-refractivity contribution in [2.24, 2.45) is 0 Å². The van der Waals surface area contributed by atoms with Crippen LogP contribution in [0.4, 0.5) is 0 Å². The van der Waals surface area contributed by atoms with Gasteiger partial charge in [0, 0.05) is 12.1 Å². The number of rotatable bonds is 5. The second kappa shape index (κ2) is 6.30. The number of benzene rings is 1. The summed E-state index contributed by atoms with van der Waals surface area (Å²) >= 11 is 0. The van der Waals surface area contributed by atoms with E-state index in [4.69, 9.17) is 13.7 Å². The first-order chi connectivity index (χ1) is 12.4. The maximum Gasteiger partial charge on any atom is 0.246 e. The Kier molecular flexibility index (Phi) is 4.08. The van der Waals surface area contributed by atoms with Gasteiger partial charge in [-0.05, 0) is 26.0 Å². The van der Waals surface area contributed by atoms with E-state index in [0.717, 1.165) is 11.3 Å². The Morgan fingerprint density at radius 3 is 2.50 bits per heavy atom. The summed E-state index contributed by atoms with van der Waals surface area (Å²) < 4.78 is 43.4. The van der Waals surface area contributed by atoms with Crippen LogP contribution in [0.3, 0.4) is 0 Å². The van der Waals surface area contributed by atoms with E-state index in [1.54, 1.807) is 13.0 Å². The van der Waals surface area contributed by atoms with Crippen molar-refractivity contribution in [1.82, 2.24) is 9.46 Å². The Morgan fingerprint density at radius 1 is 1.12 bits per heavy atom. The van der Waals surface area contributed by atoms with Gasteiger partial charge < -0.3 is 13.7 Å². The number of aromatic nitrogens is 1. The molecule has 0 aliphatic carbocycles. The fourth-order valence-electron chi connectivity index (χ4n) is 2.81. The predicted molar refractivity (Wildman–Crippen MR) is 93.3 cm³/mol. The Hall–Kier alpha value is -2.58.